The van der Waals surface area contributed by atoms with Crippen LogP contribution in [0.5, 0.6) is 0 Å². The molecule has 0 aliphatic rings. The average Bonchev–Trinajstić information content (AvgIpc) is 2.93. The third kappa shape index (κ3) is 43.8. The molecule has 0 bridgehead atoms. The predicted molar refractivity (Wildman–Crippen MR) is 177 cm³/mol. The van der Waals surface area contributed by atoms with E-state index in [0.29, 0.717) is 6.42 Å². The largest absolute Gasteiger partial charge is 0.370 e. The highest BCUT2D eigenvalue weighted by atomic mass is 16.2. The molecule has 0 rings (SSSR count). The van der Waals surface area contributed by atoms with E-state index in [2.05, 4.69) is 19.2 Å². The third-order valence-corrected chi connectivity index (χ3v) is 7.86. The topological polar surface area (TPSA) is 98.2 Å². The fraction of sp³-hybridized carbons (Fsp3) is 0.943. The van der Waals surface area contributed by atoms with Crippen LogP contribution < -0.4 is 16.8 Å². The molecule has 0 saturated heterocycles. The van der Waals surface area contributed by atoms with Crippen molar-refractivity contribution in [3.8, 4) is 0 Å². The van der Waals surface area contributed by atoms with Gasteiger partial charge in [-0.1, -0.05) is 187 Å². The van der Waals surface area contributed by atoms with Crippen LogP contribution in [0, 0.1) is 0 Å². The van der Waals surface area contributed by atoms with Crippen molar-refractivity contribution in [1.29, 1.82) is 0 Å². The summed E-state index contributed by atoms with van der Waals surface area (Å²) in [5.41, 5.74) is 10.1. The third-order valence-electron chi connectivity index (χ3n) is 7.86. The summed E-state index contributed by atoms with van der Waals surface area (Å²) in [6.07, 6.45) is 39.9. The molecule has 0 spiro atoms. The Hall–Kier alpha value is -1.26. The fourth-order valence-electron chi connectivity index (χ4n) is 5.20. The SMILES string of the molecule is CCCCCCCCCCCCCCCC(N)=O.CCCCCCCCCCCCCCCCCCNC(N)=O. The maximum atomic E-state index is 10.5. The van der Waals surface area contributed by atoms with E-state index in [1.54, 1.807) is 0 Å². The van der Waals surface area contributed by atoms with E-state index in [0.717, 1.165) is 19.4 Å². The molecule has 5 nitrogen and oxygen atoms in total. The van der Waals surface area contributed by atoms with Gasteiger partial charge in [0.2, 0.25) is 5.91 Å². The minimum absolute atomic E-state index is 0.155. The van der Waals surface area contributed by atoms with Gasteiger partial charge in [-0.2, -0.15) is 0 Å². The van der Waals surface area contributed by atoms with Crippen LogP contribution in [0.3, 0.4) is 0 Å². The molecule has 5 heteroatoms. The monoisotopic (exact) mass is 568 g/mol. The van der Waals surface area contributed by atoms with Crippen LogP contribution in [0.1, 0.15) is 206 Å². The highest BCUT2D eigenvalue weighted by Gasteiger charge is 1.97. The molecular formula is C35H73N3O2. The Morgan fingerprint density at radius 2 is 0.650 bits per heavy atom. The Morgan fingerprint density at radius 3 is 0.900 bits per heavy atom. The molecule has 0 aromatic carbocycles. The second-order valence-electron chi connectivity index (χ2n) is 12.1. The Labute approximate surface area is 251 Å². The van der Waals surface area contributed by atoms with Crippen molar-refractivity contribution < 1.29 is 9.59 Å². The lowest BCUT2D eigenvalue weighted by Crippen LogP contribution is -2.29. The van der Waals surface area contributed by atoms with Gasteiger partial charge in [0.05, 0.1) is 0 Å². The van der Waals surface area contributed by atoms with Crippen molar-refractivity contribution in [2.24, 2.45) is 11.5 Å². The Balaban J connectivity index is 0. The van der Waals surface area contributed by atoms with Gasteiger partial charge in [-0.25, -0.2) is 4.79 Å². The lowest BCUT2D eigenvalue weighted by atomic mass is 10.0. The van der Waals surface area contributed by atoms with Crippen molar-refractivity contribution in [2.45, 2.75) is 206 Å². The predicted octanol–water partition coefficient (Wildman–Crippen LogP) is 10.9. The van der Waals surface area contributed by atoms with Crippen LogP contribution in [0.25, 0.3) is 0 Å². The first-order valence-corrected chi connectivity index (χ1v) is 17.9. The van der Waals surface area contributed by atoms with Gasteiger partial charge in [0.25, 0.3) is 0 Å². The summed E-state index contributed by atoms with van der Waals surface area (Å²) in [6, 6.07) is -0.402. The molecule has 240 valence electrons. The molecule has 0 atom stereocenters. The number of nitrogens with two attached hydrogens (primary N) is 2. The number of unbranched alkanes of at least 4 members (excludes halogenated alkanes) is 27. The molecule has 0 aliphatic carbocycles. The van der Waals surface area contributed by atoms with Crippen LogP contribution in [0.15, 0.2) is 0 Å². The van der Waals surface area contributed by atoms with Crippen LogP contribution in [0.2, 0.25) is 0 Å². The second kappa shape index (κ2) is 37.7. The van der Waals surface area contributed by atoms with Gasteiger partial charge >= 0.3 is 6.03 Å². The first-order valence-electron chi connectivity index (χ1n) is 17.9. The van der Waals surface area contributed by atoms with Crippen molar-refractivity contribution in [1.82, 2.24) is 5.32 Å². The molecule has 0 aromatic rings. The summed E-state index contributed by atoms with van der Waals surface area (Å²) >= 11 is 0. The standard InChI is InChI=1S/C19H40N2O.C16H33NO/c1-2-3-4-5-6-7-8-9-10-11-12-13-14-15-16-17-18-21-19(20)22;1-2-3-4-5-6-7-8-9-10-11-12-13-14-15-16(17)18/h2-18H2,1H3,(H3,20,21,22);2-15H2,1H3,(H2,17,18). The van der Waals surface area contributed by atoms with Crippen LogP contribution in [-0.2, 0) is 4.79 Å². The van der Waals surface area contributed by atoms with Gasteiger partial charge in [-0.15, -0.1) is 0 Å². The Morgan fingerprint density at radius 1 is 0.400 bits per heavy atom. The molecule has 0 heterocycles. The quantitative estimate of drug-likeness (QED) is 0.0726. The molecule has 0 saturated carbocycles. The number of primary amides is 2. The van der Waals surface area contributed by atoms with E-state index in [-0.39, 0.29) is 5.91 Å². The van der Waals surface area contributed by atoms with Crippen LogP contribution in [-0.4, -0.2) is 18.5 Å². The zero-order chi connectivity index (χ0) is 29.8. The highest BCUT2D eigenvalue weighted by molar-refractivity contribution is 5.73. The fourth-order valence-corrected chi connectivity index (χ4v) is 5.20. The molecule has 0 aliphatic heterocycles. The number of nitrogens with one attached hydrogen (secondary N) is 1. The molecule has 40 heavy (non-hydrogen) atoms. The van der Waals surface area contributed by atoms with E-state index in [4.69, 9.17) is 11.5 Å². The molecule has 0 fully saturated rings. The normalized spacial score (nSPS) is 10.8. The Bertz CT molecular complexity index is 499. The summed E-state index contributed by atoms with van der Waals surface area (Å²) in [4.78, 5) is 21.0. The average molecular weight is 568 g/mol. The molecule has 5 N–H and O–H groups in total. The van der Waals surface area contributed by atoms with Gasteiger partial charge < -0.3 is 16.8 Å². The van der Waals surface area contributed by atoms with Crippen molar-refractivity contribution >= 4 is 11.9 Å². The highest BCUT2D eigenvalue weighted by Crippen LogP contribution is 2.14. The zero-order valence-corrected chi connectivity index (χ0v) is 27.4. The van der Waals surface area contributed by atoms with E-state index >= 15 is 0 Å². The van der Waals surface area contributed by atoms with Crippen LogP contribution in [0.4, 0.5) is 4.79 Å². The molecule has 0 radical (unpaired) electrons. The molecule has 0 aromatic heterocycles. The van der Waals surface area contributed by atoms with Gasteiger partial charge in [-0.3, -0.25) is 4.79 Å². The first kappa shape index (κ1) is 40.9. The number of carbonyl (C=O) groups excluding carboxylic acids is 2. The minimum Gasteiger partial charge on any atom is -0.370 e. The van der Waals surface area contributed by atoms with E-state index in [9.17, 15) is 9.59 Å². The summed E-state index contributed by atoms with van der Waals surface area (Å²) in [5.74, 6) is -0.155. The lowest BCUT2D eigenvalue weighted by Gasteiger charge is -2.04. The zero-order valence-electron chi connectivity index (χ0n) is 27.4. The van der Waals surface area contributed by atoms with Crippen molar-refractivity contribution in [2.75, 3.05) is 6.54 Å². The summed E-state index contributed by atoms with van der Waals surface area (Å²) < 4.78 is 0. The summed E-state index contributed by atoms with van der Waals surface area (Å²) in [7, 11) is 0. The lowest BCUT2D eigenvalue weighted by molar-refractivity contribution is -0.118. The maximum absolute atomic E-state index is 10.5. The van der Waals surface area contributed by atoms with E-state index < -0.39 is 6.03 Å². The molecule has 3 amide bonds. The number of amides is 3. The van der Waals surface area contributed by atoms with Gasteiger partial charge in [-0.05, 0) is 12.8 Å². The molecule has 0 unspecified atom stereocenters. The number of carbonyl (C=O) groups is 2. The first-order chi connectivity index (χ1) is 19.5. The van der Waals surface area contributed by atoms with Crippen molar-refractivity contribution in [3.63, 3.8) is 0 Å². The number of hydrogen-bond donors (Lipinski definition) is 3. The summed E-state index contributed by atoms with van der Waals surface area (Å²) in [5, 5.41) is 2.63. The second-order valence-corrected chi connectivity index (χ2v) is 12.1. The maximum Gasteiger partial charge on any atom is 0.312 e. The van der Waals surface area contributed by atoms with Crippen molar-refractivity contribution in [3.05, 3.63) is 0 Å². The minimum atomic E-state index is -0.402. The summed E-state index contributed by atoms with van der Waals surface area (Å²) in [6.45, 7) is 5.28. The number of hydrogen-bond acceptors (Lipinski definition) is 2. The van der Waals surface area contributed by atoms with Gasteiger partial charge in [0.15, 0.2) is 0 Å². The van der Waals surface area contributed by atoms with Gasteiger partial charge in [0, 0.05) is 13.0 Å². The smallest absolute Gasteiger partial charge is 0.312 e. The van der Waals surface area contributed by atoms with E-state index in [1.807, 2.05) is 0 Å². The molecular weight excluding hydrogens is 494 g/mol. The van der Waals surface area contributed by atoms with E-state index in [1.165, 1.54) is 173 Å². The number of urea groups is 1. The van der Waals surface area contributed by atoms with Gasteiger partial charge in [0.1, 0.15) is 0 Å². The number of rotatable bonds is 31. The Kier molecular flexibility index (Phi) is 38.6. The van der Waals surface area contributed by atoms with Crippen LogP contribution >= 0.6 is 0 Å².